The summed E-state index contributed by atoms with van der Waals surface area (Å²) in [6.07, 6.45) is 0. The Balaban J connectivity index is 1.45. The number of nitro groups is 1. The van der Waals surface area contributed by atoms with Gasteiger partial charge in [-0.1, -0.05) is 18.2 Å². The number of anilines is 1. The molecule has 0 atom stereocenters. The van der Waals surface area contributed by atoms with Crippen LogP contribution in [0.15, 0.2) is 66.7 Å². The first-order chi connectivity index (χ1) is 14.5. The normalized spacial score (nSPS) is 10.7. The number of nitro benzene ring substituents is 1. The number of nitrogens with one attached hydrogen (secondary N) is 1. The van der Waals surface area contributed by atoms with E-state index in [0.29, 0.717) is 17.0 Å². The van der Waals surface area contributed by atoms with E-state index in [1.807, 2.05) is 43.3 Å². The molecule has 0 unspecified atom stereocenters. The second-order valence-electron chi connectivity index (χ2n) is 6.57. The van der Waals surface area contributed by atoms with Crippen molar-refractivity contribution in [1.29, 1.82) is 0 Å². The summed E-state index contributed by atoms with van der Waals surface area (Å²) in [5, 5.41) is 22.4. The lowest BCUT2D eigenvalue weighted by molar-refractivity contribution is -0.384. The number of benzene rings is 3. The molecule has 4 aromatic rings. The maximum atomic E-state index is 12.3. The van der Waals surface area contributed by atoms with Crippen molar-refractivity contribution >= 4 is 28.3 Å². The predicted molar refractivity (Wildman–Crippen MR) is 111 cm³/mol. The van der Waals surface area contributed by atoms with Crippen LogP contribution in [0.2, 0.25) is 0 Å². The molecule has 0 bridgehead atoms. The number of non-ortho nitro benzene ring substituents is 1. The van der Waals surface area contributed by atoms with Crippen molar-refractivity contribution in [2.24, 2.45) is 0 Å². The first kappa shape index (κ1) is 19.1. The maximum Gasteiger partial charge on any atom is 0.269 e. The van der Waals surface area contributed by atoms with Crippen LogP contribution in [0.5, 0.6) is 5.75 Å². The number of aryl methyl sites for hydroxylation is 1. The number of aromatic nitrogens is 3. The van der Waals surface area contributed by atoms with E-state index in [9.17, 15) is 14.9 Å². The molecule has 150 valence electrons. The molecule has 3 aromatic carbocycles. The molecule has 0 saturated carbocycles. The van der Waals surface area contributed by atoms with Gasteiger partial charge in [-0.3, -0.25) is 14.9 Å². The predicted octanol–water partition coefficient (Wildman–Crippen LogP) is 3.65. The number of ether oxygens (including phenoxy) is 1. The lowest BCUT2D eigenvalue weighted by atomic mass is 10.1. The molecule has 1 N–H and O–H groups in total. The minimum Gasteiger partial charge on any atom is -0.484 e. The van der Waals surface area contributed by atoms with Gasteiger partial charge in [0.25, 0.3) is 11.6 Å². The van der Waals surface area contributed by atoms with Gasteiger partial charge in [-0.25, -0.2) is 0 Å². The standard InChI is InChI=1S/C21H17N5O4/c1-14-11-19-20(24-25(23-19)15-5-3-2-4-6-15)12-18(14)22-21(27)13-30-17-9-7-16(8-10-17)26(28)29/h2-12H,13H2,1H3,(H,22,27). The van der Waals surface area contributed by atoms with Crippen LogP contribution in [0.25, 0.3) is 16.7 Å². The van der Waals surface area contributed by atoms with Gasteiger partial charge in [0.1, 0.15) is 16.8 Å². The zero-order valence-electron chi connectivity index (χ0n) is 16.0. The van der Waals surface area contributed by atoms with E-state index < -0.39 is 4.92 Å². The molecule has 9 nitrogen and oxygen atoms in total. The molecule has 0 spiro atoms. The average Bonchev–Trinajstić information content (AvgIpc) is 3.16. The highest BCUT2D eigenvalue weighted by Crippen LogP contribution is 2.22. The van der Waals surface area contributed by atoms with Crippen molar-refractivity contribution in [2.75, 3.05) is 11.9 Å². The van der Waals surface area contributed by atoms with E-state index in [1.54, 1.807) is 10.9 Å². The summed E-state index contributed by atoms with van der Waals surface area (Å²) in [5.74, 6) is 0.0139. The van der Waals surface area contributed by atoms with Gasteiger partial charge in [0.2, 0.25) is 0 Å². The second-order valence-corrected chi connectivity index (χ2v) is 6.57. The van der Waals surface area contributed by atoms with Crippen molar-refractivity contribution in [3.05, 3.63) is 82.4 Å². The van der Waals surface area contributed by atoms with E-state index in [-0.39, 0.29) is 18.2 Å². The summed E-state index contributed by atoms with van der Waals surface area (Å²) < 4.78 is 5.40. The van der Waals surface area contributed by atoms with Crippen LogP contribution >= 0.6 is 0 Å². The van der Waals surface area contributed by atoms with Crippen molar-refractivity contribution in [2.45, 2.75) is 6.92 Å². The molecule has 1 amide bonds. The third-order valence-corrected chi connectivity index (χ3v) is 4.41. The van der Waals surface area contributed by atoms with Crippen LogP contribution in [-0.4, -0.2) is 32.4 Å². The van der Waals surface area contributed by atoms with Gasteiger partial charge in [-0.15, -0.1) is 10.2 Å². The van der Waals surface area contributed by atoms with Gasteiger partial charge in [0.15, 0.2) is 6.61 Å². The van der Waals surface area contributed by atoms with Crippen LogP contribution in [0.3, 0.4) is 0 Å². The van der Waals surface area contributed by atoms with Gasteiger partial charge < -0.3 is 10.1 Å². The molecule has 0 fully saturated rings. The molecule has 1 heterocycles. The Hall–Kier alpha value is -4.27. The van der Waals surface area contributed by atoms with Gasteiger partial charge in [0, 0.05) is 17.8 Å². The lowest BCUT2D eigenvalue weighted by Gasteiger charge is -2.09. The molecule has 0 radical (unpaired) electrons. The van der Waals surface area contributed by atoms with Crippen molar-refractivity contribution in [3.8, 4) is 11.4 Å². The Morgan fingerprint density at radius 2 is 1.73 bits per heavy atom. The quantitative estimate of drug-likeness (QED) is 0.388. The largest absolute Gasteiger partial charge is 0.484 e. The van der Waals surface area contributed by atoms with Crippen LogP contribution in [-0.2, 0) is 4.79 Å². The number of fused-ring (bicyclic) bond motifs is 1. The lowest BCUT2D eigenvalue weighted by Crippen LogP contribution is -2.20. The Morgan fingerprint density at radius 1 is 1.07 bits per heavy atom. The molecule has 0 aliphatic carbocycles. The molecular weight excluding hydrogens is 386 g/mol. The van der Waals surface area contributed by atoms with E-state index >= 15 is 0 Å². The summed E-state index contributed by atoms with van der Waals surface area (Å²) in [6.45, 7) is 1.64. The number of carbonyl (C=O) groups is 1. The summed E-state index contributed by atoms with van der Waals surface area (Å²) in [5.41, 5.74) is 3.62. The molecule has 0 aliphatic rings. The van der Waals surface area contributed by atoms with Crippen LogP contribution in [0, 0.1) is 17.0 Å². The summed E-state index contributed by atoms with van der Waals surface area (Å²) >= 11 is 0. The molecule has 0 aliphatic heterocycles. The fraction of sp³-hybridized carbons (Fsp3) is 0.0952. The topological polar surface area (TPSA) is 112 Å². The highest BCUT2D eigenvalue weighted by Gasteiger charge is 2.12. The number of para-hydroxylation sites is 1. The number of hydrogen-bond acceptors (Lipinski definition) is 6. The zero-order valence-corrected chi connectivity index (χ0v) is 16.0. The highest BCUT2D eigenvalue weighted by molar-refractivity contribution is 5.95. The molecule has 0 saturated heterocycles. The molecule has 1 aromatic heterocycles. The van der Waals surface area contributed by atoms with Crippen molar-refractivity contribution < 1.29 is 14.5 Å². The number of carbonyl (C=O) groups excluding carboxylic acids is 1. The van der Waals surface area contributed by atoms with Gasteiger partial charge >= 0.3 is 0 Å². The first-order valence-corrected chi connectivity index (χ1v) is 9.10. The fourth-order valence-corrected chi connectivity index (χ4v) is 2.88. The van der Waals surface area contributed by atoms with Gasteiger partial charge in [-0.2, -0.15) is 4.80 Å². The van der Waals surface area contributed by atoms with E-state index in [1.165, 1.54) is 24.3 Å². The number of amides is 1. The minimum absolute atomic E-state index is 0.0423. The molecule has 4 rings (SSSR count). The summed E-state index contributed by atoms with van der Waals surface area (Å²) in [7, 11) is 0. The van der Waals surface area contributed by atoms with Gasteiger partial charge in [0.05, 0.1) is 10.6 Å². The van der Waals surface area contributed by atoms with E-state index in [2.05, 4.69) is 15.5 Å². The SMILES string of the molecule is Cc1cc2nn(-c3ccccc3)nc2cc1NC(=O)COc1ccc([N+](=O)[O-])cc1. The maximum absolute atomic E-state index is 12.3. The zero-order chi connectivity index (χ0) is 21.1. The van der Waals surface area contributed by atoms with Crippen LogP contribution < -0.4 is 10.1 Å². The smallest absolute Gasteiger partial charge is 0.269 e. The number of nitrogens with zero attached hydrogens (tertiary/aromatic N) is 4. The Labute approximate surface area is 171 Å². The van der Waals surface area contributed by atoms with Crippen molar-refractivity contribution in [3.63, 3.8) is 0 Å². The van der Waals surface area contributed by atoms with E-state index in [4.69, 9.17) is 4.74 Å². The molecule has 30 heavy (non-hydrogen) atoms. The summed E-state index contributed by atoms with van der Waals surface area (Å²) in [4.78, 5) is 24.0. The second kappa shape index (κ2) is 8.00. The van der Waals surface area contributed by atoms with E-state index in [0.717, 1.165) is 16.8 Å². The first-order valence-electron chi connectivity index (χ1n) is 9.10. The van der Waals surface area contributed by atoms with Gasteiger partial charge in [-0.05, 0) is 48.9 Å². The third-order valence-electron chi connectivity index (χ3n) is 4.41. The summed E-state index contributed by atoms with van der Waals surface area (Å²) in [6, 6.07) is 18.7. The van der Waals surface area contributed by atoms with Crippen LogP contribution in [0.1, 0.15) is 5.56 Å². The molecule has 9 heteroatoms. The fourth-order valence-electron chi connectivity index (χ4n) is 2.88. The minimum atomic E-state index is -0.497. The average molecular weight is 403 g/mol. The van der Waals surface area contributed by atoms with Crippen LogP contribution in [0.4, 0.5) is 11.4 Å². The monoisotopic (exact) mass is 403 g/mol. The Kier molecular flexibility index (Phi) is 5.08. The molecular formula is C21H17N5O4. The third kappa shape index (κ3) is 4.09. The Morgan fingerprint density at radius 3 is 2.40 bits per heavy atom. The number of hydrogen-bond donors (Lipinski definition) is 1. The highest BCUT2D eigenvalue weighted by atomic mass is 16.6. The van der Waals surface area contributed by atoms with Crippen molar-refractivity contribution in [1.82, 2.24) is 15.0 Å². The number of rotatable bonds is 6. The Bertz CT molecular complexity index is 1220.